The van der Waals surface area contributed by atoms with Gasteiger partial charge < -0.3 is 5.73 Å². The average molecular weight is 288 g/mol. The largest absolute Gasteiger partial charge is 0.329 e. The molecule has 2 nitrogen and oxygen atoms in total. The standard InChI is InChI=1S/C17H24N2S/c1-17(14-18,10-8-15-6-4-3-5-7-15)19(2)12-16-9-11-20-13-16/h3-7,9,11,13H,8,10,12,14,18H2,1-2H3. The van der Waals surface area contributed by atoms with Crippen molar-refractivity contribution in [1.29, 1.82) is 0 Å². The summed E-state index contributed by atoms with van der Waals surface area (Å²) in [7, 11) is 2.18. The van der Waals surface area contributed by atoms with Gasteiger partial charge in [0.25, 0.3) is 0 Å². The monoisotopic (exact) mass is 288 g/mol. The van der Waals surface area contributed by atoms with E-state index in [1.165, 1.54) is 11.1 Å². The number of thiophene rings is 1. The second kappa shape index (κ2) is 7.02. The zero-order valence-electron chi connectivity index (χ0n) is 12.4. The van der Waals surface area contributed by atoms with E-state index in [-0.39, 0.29) is 5.54 Å². The first-order chi connectivity index (χ1) is 9.64. The molecular formula is C17H24N2S. The summed E-state index contributed by atoms with van der Waals surface area (Å²) in [4.78, 5) is 2.39. The molecule has 0 radical (unpaired) electrons. The Morgan fingerprint density at radius 1 is 1.15 bits per heavy atom. The molecular weight excluding hydrogens is 264 g/mol. The van der Waals surface area contributed by atoms with Crippen molar-refractivity contribution in [2.45, 2.75) is 31.8 Å². The van der Waals surface area contributed by atoms with Crippen molar-refractivity contribution in [3.8, 4) is 0 Å². The molecule has 0 aliphatic heterocycles. The average Bonchev–Trinajstić information content (AvgIpc) is 2.98. The first-order valence-electron chi connectivity index (χ1n) is 7.10. The Morgan fingerprint density at radius 3 is 2.50 bits per heavy atom. The number of hydrogen-bond acceptors (Lipinski definition) is 3. The summed E-state index contributed by atoms with van der Waals surface area (Å²) in [6.07, 6.45) is 2.15. The molecule has 0 aliphatic rings. The van der Waals surface area contributed by atoms with Crippen molar-refractivity contribution < 1.29 is 0 Å². The molecule has 2 rings (SSSR count). The Morgan fingerprint density at radius 2 is 1.90 bits per heavy atom. The van der Waals surface area contributed by atoms with Gasteiger partial charge in [-0.3, -0.25) is 4.90 Å². The molecule has 1 aromatic heterocycles. The summed E-state index contributed by atoms with van der Waals surface area (Å²) in [5, 5.41) is 4.34. The zero-order chi connectivity index (χ0) is 14.4. The van der Waals surface area contributed by atoms with Crippen molar-refractivity contribution in [2.24, 2.45) is 5.73 Å². The second-order valence-corrected chi connectivity index (χ2v) is 6.45. The Bertz CT molecular complexity index is 495. The molecule has 20 heavy (non-hydrogen) atoms. The van der Waals surface area contributed by atoms with Crippen LogP contribution in [0.25, 0.3) is 0 Å². The van der Waals surface area contributed by atoms with Gasteiger partial charge in [-0.1, -0.05) is 30.3 Å². The summed E-state index contributed by atoms with van der Waals surface area (Å²) in [5.74, 6) is 0. The van der Waals surface area contributed by atoms with Crippen LogP contribution in [0.15, 0.2) is 47.2 Å². The third kappa shape index (κ3) is 3.92. The summed E-state index contributed by atoms with van der Waals surface area (Å²) >= 11 is 1.75. The maximum absolute atomic E-state index is 6.06. The van der Waals surface area contributed by atoms with Crippen LogP contribution in [0.1, 0.15) is 24.5 Å². The van der Waals surface area contributed by atoms with E-state index in [4.69, 9.17) is 5.73 Å². The van der Waals surface area contributed by atoms with E-state index in [1.807, 2.05) is 0 Å². The fourth-order valence-electron chi connectivity index (χ4n) is 2.35. The van der Waals surface area contributed by atoms with E-state index in [2.05, 4.69) is 66.0 Å². The van der Waals surface area contributed by atoms with Crippen LogP contribution in [0.5, 0.6) is 0 Å². The van der Waals surface area contributed by atoms with Gasteiger partial charge in [0.2, 0.25) is 0 Å². The minimum atomic E-state index is 0.0395. The van der Waals surface area contributed by atoms with Gasteiger partial charge in [-0.25, -0.2) is 0 Å². The van der Waals surface area contributed by atoms with Gasteiger partial charge in [0.1, 0.15) is 0 Å². The SMILES string of the molecule is CN(Cc1ccsc1)C(C)(CN)CCc1ccccc1. The Kier molecular flexibility index (Phi) is 5.35. The summed E-state index contributed by atoms with van der Waals surface area (Å²) in [5.41, 5.74) is 8.86. The van der Waals surface area contributed by atoms with Gasteiger partial charge in [-0.05, 0) is 54.8 Å². The van der Waals surface area contributed by atoms with Crippen LogP contribution < -0.4 is 5.73 Å². The molecule has 0 aliphatic carbocycles. The molecule has 3 heteroatoms. The number of nitrogens with two attached hydrogens (primary N) is 1. The quantitative estimate of drug-likeness (QED) is 0.844. The van der Waals surface area contributed by atoms with Gasteiger partial charge in [-0.2, -0.15) is 11.3 Å². The predicted octanol–water partition coefficient (Wildman–Crippen LogP) is 3.53. The molecule has 0 spiro atoms. The number of benzene rings is 1. The van der Waals surface area contributed by atoms with Gasteiger partial charge in [0.05, 0.1) is 0 Å². The molecule has 2 aromatic rings. The lowest BCUT2D eigenvalue weighted by atomic mass is 9.91. The number of hydrogen-bond donors (Lipinski definition) is 1. The van der Waals surface area contributed by atoms with Crippen LogP contribution in [0.3, 0.4) is 0 Å². The van der Waals surface area contributed by atoms with Crippen molar-refractivity contribution in [2.75, 3.05) is 13.6 Å². The van der Waals surface area contributed by atoms with Crippen LogP contribution in [-0.2, 0) is 13.0 Å². The van der Waals surface area contributed by atoms with Gasteiger partial charge >= 0.3 is 0 Å². The lowest BCUT2D eigenvalue weighted by molar-refractivity contribution is 0.126. The van der Waals surface area contributed by atoms with Gasteiger partial charge in [0.15, 0.2) is 0 Å². The topological polar surface area (TPSA) is 29.3 Å². The van der Waals surface area contributed by atoms with Crippen LogP contribution in [0.2, 0.25) is 0 Å². The molecule has 1 atom stereocenters. The Balaban J connectivity index is 1.97. The minimum Gasteiger partial charge on any atom is -0.329 e. The van der Waals surface area contributed by atoms with Crippen LogP contribution in [0.4, 0.5) is 0 Å². The summed E-state index contributed by atoms with van der Waals surface area (Å²) in [6.45, 7) is 3.91. The van der Waals surface area contributed by atoms with Gasteiger partial charge in [-0.15, -0.1) is 0 Å². The first-order valence-corrected chi connectivity index (χ1v) is 8.05. The number of rotatable bonds is 7. The second-order valence-electron chi connectivity index (χ2n) is 5.67. The molecule has 1 unspecified atom stereocenters. The molecule has 2 N–H and O–H groups in total. The normalized spacial score (nSPS) is 14.4. The highest BCUT2D eigenvalue weighted by atomic mass is 32.1. The van der Waals surface area contributed by atoms with E-state index in [1.54, 1.807) is 11.3 Å². The molecule has 0 fully saturated rings. The van der Waals surface area contributed by atoms with Crippen LogP contribution >= 0.6 is 11.3 Å². The van der Waals surface area contributed by atoms with Crippen molar-refractivity contribution in [1.82, 2.24) is 4.90 Å². The van der Waals surface area contributed by atoms with E-state index < -0.39 is 0 Å². The van der Waals surface area contributed by atoms with Crippen molar-refractivity contribution in [3.63, 3.8) is 0 Å². The van der Waals surface area contributed by atoms with E-state index in [0.29, 0.717) is 6.54 Å². The highest BCUT2D eigenvalue weighted by molar-refractivity contribution is 7.07. The molecule has 1 heterocycles. The smallest absolute Gasteiger partial charge is 0.0307 e. The third-order valence-electron chi connectivity index (χ3n) is 4.16. The Hall–Kier alpha value is -1.16. The van der Waals surface area contributed by atoms with E-state index in [9.17, 15) is 0 Å². The van der Waals surface area contributed by atoms with Crippen molar-refractivity contribution in [3.05, 3.63) is 58.3 Å². The molecule has 0 bridgehead atoms. The summed E-state index contributed by atoms with van der Waals surface area (Å²) in [6, 6.07) is 12.8. The molecule has 108 valence electrons. The highest BCUT2D eigenvalue weighted by Gasteiger charge is 2.27. The highest BCUT2D eigenvalue weighted by Crippen LogP contribution is 2.22. The van der Waals surface area contributed by atoms with E-state index >= 15 is 0 Å². The van der Waals surface area contributed by atoms with Crippen molar-refractivity contribution >= 4 is 11.3 Å². The minimum absolute atomic E-state index is 0.0395. The molecule has 0 amide bonds. The lowest BCUT2D eigenvalue weighted by Gasteiger charge is -2.38. The van der Waals surface area contributed by atoms with Crippen LogP contribution in [0, 0.1) is 0 Å². The predicted molar refractivity (Wildman–Crippen MR) is 88.0 cm³/mol. The fourth-order valence-corrected chi connectivity index (χ4v) is 3.01. The number of likely N-dealkylation sites (N-methyl/N-ethyl adjacent to an activating group) is 1. The molecule has 1 aromatic carbocycles. The zero-order valence-corrected chi connectivity index (χ0v) is 13.2. The maximum Gasteiger partial charge on any atom is 0.0307 e. The number of aryl methyl sites for hydroxylation is 1. The van der Waals surface area contributed by atoms with Gasteiger partial charge in [0, 0.05) is 18.6 Å². The maximum atomic E-state index is 6.06. The first kappa shape index (κ1) is 15.2. The number of nitrogens with zero attached hydrogens (tertiary/aromatic N) is 1. The van der Waals surface area contributed by atoms with Crippen LogP contribution in [-0.4, -0.2) is 24.0 Å². The molecule has 0 saturated carbocycles. The summed E-state index contributed by atoms with van der Waals surface area (Å²) < 4.78 is 0. The third-order valence-corrected chi connectivity index (χ3v) is 4.89. The van der Waals surface area contributed by atoms with E-state index in [0.717, 1.165) is 19.4 Å². The lowest BCUT2D eigenvalue weighted by Crippen LogP contribution is -2.49. The Labute approximate surface area is 126 Å². The molecule has 0 saturated heterocycles. The fraction of sp³-hybridized carbons (Fsp3) is 0.412.